The largest absolute Gasteiger partial charge is 0.435 e. The summed E-state index contributed by atoms with van der Waals surface area (Å²) >= 11 is 0. The van der Waals surface area contributed by atoms with Gasteiger partial charge >= 0.3 is 6.18 Å². The summed E-state index contributed by atoms with van der Waals surface area (Å²) in [7, 11) is 1.76. The van der Waals surface area contributed by atoms with E-state index in [2.05, 4.69) is 5.10 Å². The number of nitro benzene ring substituents is 1. The Hall–Kier alpha value is -2.42. The number of non-ortho nitro benzene ring substituents is 1. The summed E-state index contributed by atoms with van der Waals surface area (Å²) in [6, 6.07) is 5.32. The smallest absolute Gasteiger partial charge is 0.302 e. The molecule has 0 saturated heterocycles. The Morgan fingerprint density at radius 1 is 1.26 bits per heavy atom. The molecule has 1 aromatic carbocycles. The van der Waals surface area contributed by atoms with E-state index >= 15 is 0 Å². The van der Waals surface area contributed by atoms with Gasteiger partial charge < -0.3 is 4.90 Å². The maximum Gasteiger partial charge on any atom is 0.435 e. The third-order valence-corrected chi connectivity index (χ3v) is 3.82. The number of hydrogen-bond donors (Lipinski definition) is 0. The summed E-state index contributed by atoms with van der Waals surface area (Å²) in [6.45, 7) is 0.806. The standard InChI is InChI=1S/C14H13F3N4O2/c1-19-7-6-12-11(8-19)13(14(15,16)17)18-20(12)9-2-4-10(5-3-9)21(22)23/h2-5H,6-8H2,1H3. The fraction of sp³-hybridized carbons (Fsp3) is 0.357. The second kappa shape index (κ2) is 5.34. The summed E-state index contributed by atoms with van der Waals surface area (Å²) < 4.78 is 40.9. The van der Waals surface area contributed by atoms with Crippen LogP contribution < -0.4 is 0 Å². The normalized spacial score (nSPS) is 15.5. The summed E-state index contributed by atoms with van der Waals surface area (Å²) in [5.74, 6) is 0. The lowest BCUT2D eigenvalue weighted by atomic mass is 10.1. The fourth-order valence-electron chi connectivity index (χ4n) is 2.71. The lowest BCUT2D eigenvalue weighted by Crippen LogP contribution is -2.28. The van der Waals surface area contributed by atoms with Crippen LogP contribution in [0.5, 0.6) is 0 Å². The van der Waals surface area contributed by atoms with Crippen LogP contribution in [0.3, 0.4) is 0 Å². The number of alkyl halides is 3. The lowest BCUT2D eigenvalue weighted by molar-refractivity contribution is -0.384. The van der Waals surface area contributed by atoms with Crippen molar-refractivity contribution >= 4 is 5.69 Å². The molecule has 0 unspecified atom stereocenters. The third-order valence-electron chi connectivity index (χ3n) is 3.82. The Morgan fingerprint density at radius 3 is 2.48 bits per heavy atom. The zero-order chi connectivity index (χ0) is 16.8. The van der Waals surface area contributed by atoms with Gasteiger partial charge in [0.1, 0.15) is 0 Å². The number of hydrogen-bond acceptors (Lipinski definition) is 4. The molecule has 6 nitrogen and oxygen atoms in total. The van der Waals surface area contributed by atoms with Gasteiger partial charge in [-0.25, -0.2) is 4.68 Å². The van der Waals surface area contributed by atoms with Crippen molar-refractivity contribution in [1.82, 2.24) is 14.7 Å². The minimum absolute atomic E-state index is 0.120. The van der Waals surface area contributed by atoms with Gasteiger partial charge in [-0.2, -0.15) is 18.3 Å². The highest BCUT2D eigenvalue weighted by Crippen LogP contribution is 2.36. The second-order valence-corrected chi connectivity index (χ2v) is 5.44. The molecule has 0 atom stereocenters. The average Bonchev–Trinajstić information content (AvgIpc) is 2.86. The van der Waals surface area contributed by atoms with E-state index in [0.717, 1.165) is 0 Å². The van der Waals surface area contributed by atoms with Crippen molar-refractivity contribution < 1.29 is 18.1 Å². The van der Waals surface area contributed by atoms with Crippen molar-refractivity contribution in [3.05, 3.63) is 51.3 Å². The van der Waals surface area contributed by atoms with Crippen LogP contribution in [0.25, 0.3) is 5.69 Å². The molecule has 1 aromatic heterocycles. The highest BCUT2D eigenvalue weighted by atomic mass is 19.4. The number of rotatable bonds is 2. The molecule has 1 aliphatic heterocycles. The maximum absolute atomic E-state index is 13.2. The molecule has 0 radical (unpaired) electrons. The van der Waals surface area contributed by atoms with E-state index in [9.17, 15) is 23.3 Å². The zero-order valence-corrected chi connectivity index (χ0v) is 12.2. The number of nitro groups is 1. The second-order valence-electron chi connectivity index (χ2n) is 5.44. The Morgan fingerprint density at radius 2 is 1.91 bits per heavy atom. The third kappa shape index (κ3) is 2.79. The van der Waals surface area contributed by atoms with Crippen molar-refractivity contribution in [1.29, 1.82) is 0 Å². The predicted molar refractivity (Wildman–Crippen MR) is 75.3 cm³/mol. The molecule has 122 valence electrons. The van der Waals surface area contributed by atoms with Gasteiger partial charge in [0.25, 0.3) is 5.69 Å². The molecule has 0 bridgehead atoms. The van der Waals surface area contributed by atoms with Crippen molar-refractivity contribution in [3.63, 3.8) is 0 Å². The number of halogens is 3. The molecule has 2 heterocycles. The number of likely N-dealkylation sites (N-methyl/N-ethyl adjacent to an activating group) is 1. The highest BCUT2D eigenvalue weighted by Gasteiger charge is 2.40. The number of aromatic nitrogens is 2. The van der Waals surface area contributed by atoms with Gasteiger partial charge in [-0.15, -0.1) is 0 Å². The molecule has 0 fully saturated rings. The number of nitrogens with zero attached hydrogens (tertiary/aromatic N) is 4. The van der Waals surface area contributed by atoms with Crippen LogP contribution in [0.2, 0.25) is 0 Å². The summed E-state index contributed by atoms with van der Waals surface area (Å²) in [5.41, 5.74) is 0.0451. The first-order valence-corrected chi connectivity index (χ1v) is 6.88. The minimum Gasteiger partial charge on any atom is -0.302 e. The van der Waals surface area contributed by atoms with Crippen LogP contribution in [0.4, 0.5) is 18.9 Å². The van der Waals surface area contributed by atoms with Crippen LogP contribution in [0.1, 0.15) is 17.0 Å². The predicted octanol–water partition coefficient (Wildman–Crippen LogP) is 2.79. The molecule has 23 heavy (non-hydrogen) atoms. The van der Waals surface area contributed by atoms with Crippen molar-refractivity contribution in [2.75, 3.05) is 13.6 Å². The van der Waals surface area contributed by atoms with E-state index in [1.807, 2.05) is 0 Å². The Labute approximate surface area is 129 Å². The molecule has 0 N–H and O–H groups in total. The fourth-order valence-corrected chi connectivity index (χ4v) is 2.71. The van der Waals surface area contributed by atoms with Crippen molar-refractivity contribution in [2.45, 2.75) is 19.1 Å². The molecule has 2 aromatic rings. The zero-order valence-electron chi connectivity index (χ0n) is 12.2. The minimum atomic E-state index is -4.53. The lowest BCUT2D eigenvalue weighted by Gasteiger charge is -2.23. The highest BCUT2D eigenvalue weighted by molar-refractivity contribution is 5.44. The molecule has 0 saturated carbocycles. The molecule has 0 aliphatic carbocycles. The number of benzene rings is 1. The van der Waals surface area contributed by atoms with Crippen LogP contribution in [-0.2, 0) is 19.1 Å². The van der Waals surface area contributed by atoms with E-state index < -0.39 is 16.8 Å². The molecule has 9 heteroatoms. The molecular formula is C14H13F3N4O2. The van der Waals surface area contributed by atoms with Gasteiger partial charge in [-0.05, 0) is 19.2 Å². The van der Waals surface area contributed by atoms with Crippen LogP contribution in [0.15, 0.2) is 24.3 Å². The van der Waals surface area contributed by atoms with E-state index in [1.165, 1.54) is 28.9 Å². The molecule has 0 spiro atoms. The summed E-state index contributed by atoms with van der Waals surface area (Å²) in [4.78, 5) is 11.9. The summed E-state index contributed by atoms with van der Waals surface area (Å²) in [5, 5.41) is 14.4. The average molecular weight is 326 g/mol. The van der Waals surface area contributed by atoms with Gasteiger partial charge in [-0.1, -0.05) is 0 Å². The van der Waals surface area contributed by atoms with E-state index in [1.54, 1.807) is 11.9 Å². The first kappa shape index (κ1) is 15.5. The topological polar surface area (TPSA) is 64.2 Å². The van der Waals surface area contributed by atoms with Crippen LogP contribution >= 0.6 is 0 Å². The molecule has 0 amide bonds. The van der Waals surface area contributed by atoms with Crippen molar-refractivity contribution in [3.8, 4) is 5.69 Å². The van der Waals surface area contributed by atoms with Crippen molar-refractivity contribution in [2.24, 2.45) is 0 Å². The molecule has 3 rings (SSSR count). The van der Waals surface area contributed by atoms with E-state index in [-0.39, 0.29) is 17.8 Å². The number of fused-ring (bicyclic) bond motifs is 1. The van der Waals surface area contributed by atoms with Crippen LogP contribution in [-0.4, -0.2) is 33.2 Å². The first-order chi connectivity index (χ1) is 10.8. The Bertz CT molecular complexity index is 753. The molecule has 1 aliphatic rings. The maximum atomic E-state index is 13.2. The Balaban J connectivity index is 2.11. The monoisotopic (exact) mass is 326 g/mol. The van der Waals surface area contributed by atoms with E-state index in [0.29, 0.717) is 24.3 Å². The van der Waals surface area contributed by atoms with Gasteiger partial charge in [-0.3, -0.25) is 10.1 Å². The van der Waals surface area contributed by atoms with Gasteiger partial charge in [0.2, 0.25) is 0 Å². The van der Waals surface area contributed by atoms with Crippen LogP contribution in [0, 0.1) is 10.1 Å². The Kier molecular flexibility index (Phi) is 3.59. The first-order valence-electron chi connectivity index (χ1n) is 6.88. The molecular weight excluding hydrogens is 313 g/mol. The summed E-state index contributed by atoms with van der Waals surface area (Å²) in [6.07, 6.45) is -4.10. The van der Waals surface area contributed by atoms with Gasteiger partial charge in [0.15, 0.2) is 5.69 Å². The van der Waals surface area contributed by atoms with Gasteiger partial charge in [0.05, 0.1) is 16.3 Å². The van der Waals surface area contributed by atoms with E-state index in [4.69, 9.17) is 0 Å². The quantitative estimate of drug-likeness (QED) is 0.629. The van der Waals surface area contributed by atoms with Gasteiger partial charge in [0, 0.05) is 37.2 Å². The SMILES string of the molecule is CN1CCc2c(c(C(F)(F)F)nn2-c2ccc([N+](=O)[O-])cc2)C1.